The number of benzene rings is 2. The van der Waals surface area contributed by atoms with Crippen molar-refractivity contribution in [1.82, 2.24) is 0 Å². The Hall–Kier alpha value is -2.34. The molecule has 1 amide bonds. The molecule has 0 fully saturated rings. The van der Waals surface area contributed by atoms with Crippen LogP contribution >= 0.6 is 0 Å². The number of hydrogen-bond acceptors (Lipinski definition) is 4. The van der Waals surface area contributed by atoms with Gasteiger partial charge < -0.3 is 10.2 Å². The standard InChI is InChI=1S/C16H18N2O3S/c1-18(14-8-4-3-5-9-14)12-16(19)17-13-7-6-10-15(11-13)22(2,20)21/h3-11H,12H2,1-2H3,(H,17,19). The molecule has 0 saturated heterocycles. The zero-order valence-electron chi connectivity index (χ0n) is 12.5. The lowest BCUT2D eigenvalue weighted by Crippen LogP contribution is -2.30. The predicted molar refractivity (Wildman–Crippen MR) is 87.9 cm³/mol. The number of hydrogen-bond donors (Lipinski definition) is 1. The molecule has 2 aromatic rings. The molecule has 0 heterocycles. The summed E-state index contributed by atoms with van der Waals surface area (Å²) in [4.78, 5) is 14.1. The number of sulfone groups is 1. The number of nitrogens with one attached hydrogen (secondary N) is 1. The zero-order valence-corrected chi connectivity index (χ0v) is 13.3. The first-order chi connectivity index (χ1) is 10.4. The van der Waals surface area contributed by atoms with Gasteiger partial charge in [-0.15, -0.1) is 0 Å². The summed E-state index contributed by atoms with van der Waals surface area (Å²) in [5.74, 6) is -0.211. The van der Waals surface area contributed by atoms with E-state index in [1.54, 1.807) is 12.1 Å². The molecule has 116 valence electrons. The Kier molecular flexibility index (Phi) is 4.82. The maximum atomic E-state index is 12.1. The fraction of sp³-hybridized carbons (Fsp3) is 0.188. The van der Waals surface area contributed by atoms with E-state index in [0.717, 1.165) is 11.9 Å². The Bertz CT molecular complexity index is 758. The minimum Gasteiger partial charge on any atom is -0.365 e. The van der Waals surface area contributed by atoms with Crippen LogP contribution in [0.4, 0.5) is 11.4 Å². The molecule has 0 atom stereocenters. The van der Waals surface area contributed by atoms with Crippen molar-refractivity contribution in [1.29, 1.82) is 0 Å². The summed E-state index contributed by atoms with van der Waals surface area (Å²) in [6.45, 7) is 0.174. The van der Waals surface area contributed by atoms with Gasteiger partial charge in [-0.1, -0.05) is 24.3 Å². The van der Waals surface area contributed by atoms with Crippen LogP contribution in [0, 0.1) is 0 Å². The van der Waals surface area contributed by atoms with Gasteiger partial charge in [0.15, 0.2) is 9.84 Å². The lowest BCUT2D eigenvalue weighted by Gasteiger charge is -2.18. The first kappa shape index (κ1) is 16.0. The van der Waals surface area contributed by atoms with Crippen LogP contribution in [0.15, 0.2) is 59.5 Å². The maximum absolute atomic E-state index is 12.1. The summed E-state index contributed by atoms with van der Waals surface area (Å²) < 4.78 is 23.0. The van der Waals surface area contributed by atoms with Crippen LogP contribution in [-0.4, -0.2) is 34.2 Å². The average molecular weight is 318 g/mol. The topological polar surface area (TPSA) is 66.5 Å². The second kappa shape index (κ2) is 6.62. The number of amides is 1. The van der Waals surface area contributed by atoms with E-state index in [2.05, 4.69) is 5.32 Å². The van der Waals surface area contributed by atoms with Crippen LogP contribution in [0.1, 0.15) is 0 Å². The number of carbonyl (C=O) groups excluding carboxylic acids is 1. The molecule has 2 rings (SSSR count). The van der Waals surface area contributed by atoms with Crippen molar-refractivity contribution < 1.29 is 13.2 Å². The first-order valence-corrected chi connectivity index (χ1v) is 8.61. The normalized spacial score (nSPS) is 11.0. The molecule has 2 aromatic carbocycles. The van der Waals surface area contributed by atoms with Crippen molar-refractivity contribution in [3.05, 3.63) is 54.6 Å². The van der Waals surface area contributed by atoms with Crippen molar-refractivity contribution in [2.45, 2.75) is 4.90 Å². The third-order valence-electron chi connectivity index (χ3n) is 3.12. The Balaban J connectivity index is 2.04. The molecular formula is C16H18N2O3S. The molecule has 5 nitrogen and oxygen atoms in total. The molecule has 0 radical (unpaired) electrons. The largest absolute Gasteiger partial charge is 0.365 e. The molecule has 6 heteroatoms. The Morgan fingerprint density at radius 2 is 1.77 bits per heavy atom. The molecule has 0 saturated carbocycles. The van der Waals surface area contributed by atoms with Gasteiger partial charge in [0.2, 0.25) is 5.91 Å². The molecule has 0 aliphatic carbocycles. The van der Waals surface area contributed by atoms with Crippen molar-refractivity contribution in [3.63, 3.8) is 0 Å². The number of anilines is 2. The van der Waals surface area contributed by atoms with E-state index in [0.29, 0.717) is 5.69 Å². The smallest absolute Gasteiger partial charge is 0.243 e. The van der Waals surface area contributed by atoms with Gasteiger partial charge in [-0.25, -0.2) is 8.42 Å². The monoisotopic (exact) mass is 318 g/mol. The number of nitrogens with zero attached hydrogens (tertiary/aromatic N) is 1. The summed E-state index contributed by atoms with van der Waals surface area (Å²) >= 11 is 0. The van der Waals surface area contributed by atoms with Gasteiger partial charge in [-0.3, -0.25) is 4.79 Å². The maximum Gasteiger partial charge on any atom is 0.243 e. The van der Waals surface area contributed by atoms with Crippen molar-refractivity contribution in [2.75, 3.05) is 30.1 Å². The number of likely N-dealkylation sites (N-methyl/N-ethyl adjacent to an activating group) is 1. The molecule has 1 N–H and O–H groups in total. The zero-order chi connectivity index (χ0) is 16.2. The van der Waals surface area contributed by atoms with Crippen LogP contribution in [0.5, 0.6) is 0 Å². The number of carbonyl (C=O) groups is 1. The van der Waals surface area contributed by atoms with Gasteiger partial charge >= 0.3 is 0 Å². The second-order valence-electron chi connectivity index (χ2n) is 5.04. The summed E-state index contributed by atoms with van der Waals surface area (Å²) in [6.07, 6.45) is 1.14. The number of para-hydroxylation sites is 1. The molecule has 0 unspecified atom stereocenters. The molecule has 0 spiro atoms. The molecule has 0 aliphatic heterocycles. The van der Waals surface area contributed by atoms with Crippen LogP contribution in [0.3, 0.4) is 0 Å². The van der Waals surface area contributed by atoms with Crippen LogP contribution in [-0.2, 0) is 14.6 Å². The van der Waals surface area contributed by atoms with Crippen molar-refractivity contribution in [3.8, 4) is 0 Å². The van der Waals surface area contributed by atoms with E-state index in [4.69, 9.17) is 0 Å². The van der Waals surface area contributed by atoms with E-state index in [1.807, 2.05) is 42.3 Å². The molecular weight excluding hydrogens is 300 g/mol. The van der Waals surface area contributed by atoms with Crippen LogP contribution < -0.4 is 10.2 Å². The lowest BCUT2D eigenvalue weighted by atomic mass is 10.3. The lowest BCUT2D eigenvalue weighted by molar-refractivity contribution is -0.114. The minimum absolute atomic E-state index is 0.174. The molecule has 0 bridgehead atoms. The van der Waals surface area contributed by atoms with Gasteiger partial charge in [0.1, 0.15) is 0 Å². The Morgan fingerprint density at radius 1 is 1.09 bits per heavy atom. The predicted octanol–water partition coefficient (Wildman–Crippen LogP) is 2.17. The summed E-state index contributed by atoms with van der Waals surface area (Å²) in [5.41, 5.74) is 1.40. The van der Waals surface area contributed by atoms with Crippen LogP contribution in [0.25, 0.3) is 0 Å². The number of rotatable bonds is 5. The summed E-state index contributed by atoms with van der Waals surface area (Å²) in [7, 11) is -1.47. The minimum atomic E-state index is -3.29. The highest BCUT2D eigenvalue weighted by Crippen LogP contribution is 2.16. The van der Waals surface area contributed by atoms with E-state index >= 15 is 0 Å². The summed E-state index contributed by atoms with van der Waals surface area (Å²) in [6, 6.07) is 15.8. The Labute approximate surface area is 130 Å². The van der Waals surface area contributed by atoms with E-state index in [-0.39, 0.29) is 17.3 Å². The second-order valence-corrected chi connectivity index (χ2v) is 7.06. The van der Waals surface area contributed by atoms with Crippen molar-refractivity contribution >= 4 is 27.1 Å². The highest BCUT2D eigenvalue weighted by atomic mass is 32.2. The van der Waals surface area contributed by atoms with E-state index in [1.165, 1.54) is 12.1 Å². The van der Waals surface area contributed by atoms with Crippen molar-refractivity contribution in [2.24, 2.45) is 0 Å². The molecule has 0 aromatic heterocycles. The van der Waals surface area contributed by atoms with Gasteiger partial charge in [-0.05, 0) is 30.3 Å². The highest BCUT2D eigenvalue weighted by Gasteiger charge is 2.10. The van der Waals surface area contributed by atoms with Gasteiger partial charge in [0.25, 0.3) is 0 Å². The SMILES string of the molecule is CN(CC(=O)Nc1cccc(S(C)(=O)=O)c1)c1ccccc1. The fourth-order valence-corrected chi connectivity index (χ4v) is 2.66. The van der Waals surface area contributed by atoms with Gasteiger partial charge in [0.05, 0.1) is 11.4 Å². The van der Waals surface area contributed by atoms with Crippen LogP contribution in [0.2, 0.25) is 0 Å². The van der Waals surface area contributed by atoms with E-state index in [9.17, 15) is 13.2 Å². The van der Waals surface area contributed by atoms with Gasteiger partial charge in [0, 0.05) is 24.7 Å². The first-order valence-electron chi connectivity index (χ1n) is 6.72. The summed E-state index contributed by atoms with van der Waals surface area (Å²) in [5, 5.41) is 2.71. The Morgan fingerprint density at radius 3 is 2.41 bits per heavy atom. The quantitative estimate of drug-likeness (QED) is 0.917. The third-order valence-corrected chi connectivity index (χ3v) is 4.23. The van der Waals surface area contributed by atoms with E-state index < -0.39 is 9.84 Å². The average Bonchev–Trinajstić information content (AvgIpc) is 2.47. The molecule has 0 aliphatic rings. The van der Waals surface area contributed by atoms with Gasteiger partial charge in [-0.2, -0.15) is 0 Å². The molecule has 22 heavy (non-hydrogen) atoms. The third kappa shape index (κ3) is 4.33. The fourth-order valence-electron chi connectivity index (χ4n) is 1.99. The highest BCUT2D eigenvalue weighted by molar-refractivity contribution is 7.90.